The number of allylic oxidation sites excluding steroid dienone is 1. The van der Waals surface area contributed by atoms with Crippen LogP contribution in [0.4, 0.5) is 11.4 Å². The molecule has 1 atom stereocenters. The standard InChI is InChI=1S/C27H32N2O5/c1-7-24(31)29-19-11-9-8-10-17(19)28-18-14-27(2,3)15-20(30)25(18)26(29)16-12-22(33-5)23(34-6)13-21(16)32-4/h8-13,26,28H,7,14-15H2,1-6H3. The molecule has 0 bridgehead atoms. The molecule has 4 rings (SSSR count). The summed E-state index contributed by atoms with van der Waals surface area (Å²) in [6, 6.07) is 10.5. The van der Waals surface area contributed by atoms with Gasteiger partial charge in [0, 0.05) is 35.7 Å². The van der Waals surface area contributed by atoms with Crippen LogP contribution in [-0.4, -0.2) is 33.0 Å². The Labute approximate surface area is 200 Å². The maximum atomic E-state index is 13.7. The maximum absolute atomic E-state index is 13.7. The summed E-state index contributed by atoms with van der Waals surface area (Å²) < 4.78 is 16.8. The molecule has 0 spiro atoms. The van der Waals surface area contributed by atoms with Crippen LogP contribution in [0, 0.1) is 5.41 Å². The lowest BCUT2D eigenvalue weighted by Gasteiger charge is -2.37. The number of ether oxygens (including phenoxy) is 3. The van der Waals surface area contributed by atoms with Gasteiger partial charge in [-0.3, -0.25) is 14.5 Å². The first-order chi connectivity index (χ1) is 16.2. The van der Waals surface area contributed by atoms with Crippen LogP contribution >= 0.6 is 0 Å². The molecule has 0 radical (unpaired) electrons. The number of carbonyl (C=O) groups is 2. The Morgan fingerprint density at radius 3 is 2.32 bits per heavy atom. The second-order valence-corrected chi connectivity index (χ2v) is 9.44. The van der Waals surface area contributed by atoms with Gasteiger partial charge in [0.25, 0.3) is 0 Å². The monoisotopic (exact) mass is 464 g/mol. The van der Waals surface area contributed by atoms with E-state index in [-0.39, 0.29) is 23.5 Å². The number of carbonyl (C=O) groups excluding carboxylic acids is 2. The van der Waals surface area contributed by atoms with Gasteiger partial charge in [0.1, 0.15) is 5.75 Å². The van der Waals surface area contributed by atoms with Gasteiger partial charge in [-0.05, 0) is 30.0 Å². The van der Waals surface area contributed by atoms with Crippen LogP contribution < -0.4 is 24.4 Å². The van der Waals surface area contributed by atoms with Crippen LogP contribution in [-0.2, 0) is 9.59 Å². The third-order valence-electron chi connectivity index (χ3n) is 6.50. The van der Waals surface area contributed by atoms with Crippen molar-refractivity contribution in [1.29, 1.82) is 0 Å². The molecule has 1 aliphatic heterocycles. The van der Waals surface area contributed by atoms with Crippen LogP contribution in [0.5, 0.6) is 17.2 Å². The average Bonchev–Trinajstić information content (AvgIpc) is 2.95. The Morgan fingerprint density at radius 1 is 1.03 bits per heavy atom. The van der Waals surface area contributed by atoms with Gasteiger partial charge in [0.05, 0.1) is 38.7 Å². The zero-order valence-corrected chi connectivity index (χ0v) is 20.7. The van der Waals surface area contributed by atoms with Crippen LogP contribution in [0.2, 0.25) is 0 Å². The van der Waals surface area contributed by atoms with E-state index in [0.29, 0.717) is 41.2 Å². The Balaban J connectivity index is 2.08. The molecule has 1 aliphatic carbocycles. The van der Waals surface area contributed by atoms with Gasteiger partial charge in [-0.25, -0.2) is 0 Å². The van der Waals surface area contributed by atoms with Gasteiger partial charge in [-0.2, -0.15) is 0 Å². The van der Waals surface area contributed by atoms with Crippen molar-refractivity contribution >= 4 is 23.1 Å². The summed E-state index contributed by atoms with van der Waals surface area (Å²) in [7, 11) is 4.69. The van der Waals surface area contributed by atoms with E-state index in [2.05, 4.69) is 19.2 Å². The summed E-state index contributed by atoms with van der Waals surface area (Å²) in [5.74, 6) is 1.44. The minimum Gasteiger partial charge on any atom is -0.496 e. The molecule has 0 aromatic heterocycles. The van der Waals surface area contributed by atoms with Crippen molar-refractivity contribution in [1.82, 2.24) is 0 Å². The number of amides is 1. The van der Waals surface area contributed by atoms with E-state index in [1.807, 2.05) is 37.3 Å². The van der Waals surface area contributed by atoms with E-state index in [1.165, 1.54) is 0 Å². The minimum absolute atomic E-state index is 0.0160. The Morgan fingerprint density at radius 2 is 1.68 bits per heavy atom. The molecular formula is C27H32N2O5. The zero-order valence-electron chi connectivity index (χ0n) is 20.7. The molecule has 0 saturated carbocycles. The lowest BCUT2D eigenvalue weighted by molar-refractivity contribution is -0.119. The van der Waals surface area contributed by atoms with E-state index in [0.717, 1.165) is 17.1 Å². The number of ketones is 1. The van der Waals surface area contributed by atoms with Crippen LogP contribution in [0.3, 0.4) is 0 Å². The highest BCUT2D eigenvalue weighted by atomic mass is 16.5. The fourth-order valence-electron chi connectivity index (χ4n) is 4.99. The molecule has 34 heavy (non-hydrogen) atoms. The lowest BCUT2D eigenvalue weighted by Crippen LogP contribution is -2.39. The predicted octanol–water partition coefficient (Wildman–Crippen LogP) is 5.27. The third kappa shape index (κ3) is 4.00. The number of nitrogens with one attached hydrogen (secondary N) is 1. The number of hydrogen-bond donors (Lipinski definition) is 1. The molecule has 0 fully saturated rings. The Hall–Kier alpha value is -3.48. The number of Topliss-reactive ketones (excluding diaryl/α,β-unsaturated/α-hetero) is 1. The SMILES string of the molecule is CCC(=O)N1c2ccccc2NC2=C(C(=O)CC(C)(C)C2)C1c1cc(OC)c(OC)cc1OC. The molecule has 2 aromatic rings. The Kier molecular flexibility index (Phi) is 6.30. The van der Waals surface area contributed by atoms with E-state index < -0.39 is 6.04 Å². The normalized spacial score (nSPS) is 18.9. The average molecular weight is 465 g/mol. The molecule has 2 aromatic carbocycles. The van der Waals surface area contributed by atoms with E-state index in [4.69, 9.17) is 14.2 Å². The van der Waals surface area contributed by atoms with Crippen molar-refractivity contribution in [3.05, 3.63) is 53.2 Å². The van der Waals surface area contributed by atoms with Crippen LogP contribution in [0.1, 0.15) is 51.6 Å². The summed E-state index contributed by atoms with van der Waals surface area (Å²) in [6.07, 6.45) is 1.36. The van der Waals surface area contributed by atoms with Gasteiger partial charge in [0.2, 0.25) is 5.91 Å². The number of hydrogen-bond acceptors (Lipinski definition) is 6. The molecule has 1 amide bonds. The van der Waals surface area contributed by atoms with Crippen molar-refractivity contribution < 1.29 is 23.8 Å². The zero-order chi connectivity index (χ0) is 24.6. The number of nitrogens with zero attached hydrogens (tertiary/aromatic N) is 1. The summed E-state index contributed by atoms with van der Waals surface area (Å²) in [5, 5.41) is 3.51. The number of rotatable bonds is 5. The molecule has 2 aliphatic rings. The second kappa shape index (κ2) is 9.05. The minimum atomic E-state index is -0.683. The van der Waals surface area contributed by atoms with Crippen molar-refractivity contribution in [3.63, 3.8) is 0 Å². The largest absolute Gasteiger partial charge is 0.496 e. The van der Waals surface area contributed by atoms with E-state index >= 15 is 0 Å². The molecule has 0 saturated heterocycles. The van der Waals surface area contributed by atoms with Gasteiger partial charge in [-0.15, -0.1) is 0 Å². The highest BCUT2D eigenvalue weighted by molar-refractivity contribution is 6.06. The molecule has 7 heteroatoms. The Bertz CT molecular complexity index is 1170. The second-order valence-electron chi connectivity index (χ2n) is 9.44. The van der Waals surface area contributed by atoms with Crippen molar-refractivity contribution in [2.24, 2.45) is 5.41 Å². The van der Waals surface area contributed by atoms with Crippen molar-refractivity contribution in [2.45, 2.75) is 46.1 Å². The molecule has 180 valence electrons. The van der Waals surface area contributed by atoms with Gasteiger partial charge >= 0.3 is 0 Å². The predicted molar refractivity (Wildman–Crippen MR) is 132 cm³/mol. The third-order valence-corrected chi connectivity index (χ3v) is 6.50. The summed E-state index contributed by atoms with van der Waals surface area (Å²) in [5.41, 5.74) is 3.40. The number of para-hydroxylation sites is 2. The molecule has 1 N–H and O–H groups in total. The quantitative estimate of drug-likeness (QED) is 0.650. The highest BCUT2D eigenvalue weighted by Crippen LogP contribution is 2.51. The smallest absolute Gasteiger partial charge is 0.227 e. The van der Waals surface area contributed by atoms with Crippen LogP contribution in [0.15, 0.2) is 47.7 Å². The number of fused-ring (bicyclic) bond motifs is 1. The number of methoxy groups -OCH3 is 3. The number of benzene rings is 2. The fraction of sp³-hybridized carbons (Fsp3) is 0.407. The van der Waals surface area contributed by atoms with Crippen molar-refractivity contribution in [2.75, 3.05) is 31.5 Å². The summed E-state index contributed by atoms with van der Waals surface area (Å²) >= 11 is 0. The summed E-state index contributed by atoms with van der Waals surface area (Å²) in [6.45, 7) is 6.01. The van der Waals surface area contributed by atoms with E-state index in [1.54, 1.807) is 32.3 Å². The topological polar surface area (TPSA) is 77.1 Å². The summed E-state index contributed by atoms with van der Waals surface area (Å²) in [4.78, 5) is 29.0. The molecular weight excluding hydrogens is 432 g/mol. The van der Waals surface area contributed by atoms with Gasteiger partial charge in [0.15, 0.2) is 17.3 Å². The van der Waals surface area contributed by atoms with E-state index in [9.17, 15) is 9.59 Å². The van der Waals surface area contributed by atoms with Crippen LogP contribution in [0.25, 0.3) is 0 Å². The first-order valence-electron chi connectivity index (χ1n) is 11.5. The van der Waals surface area contributed by atoms with Gasteiger partial charge < -0.3 is 19.5 Å². The first kappa shape index (κ1) is 23.7. The molecule has 7 nitrogen and oxygen atoms in total. The maximum Gasteiger partial charge on any atom is 0.227 e. The number of anilines is 2. The highest BCUT2D eigenvalue weighted by Gasteiger charge is 2.44. The van der Waals surface area contributed by atoms with Crippen molar-refractivity contribution in [3.8, 4) is 17.2 Å². The fourth-order valence-corrected chi connectivity index (χ4v) is 4.99. The lowest BCUT2D eigenvalue weighted by atomic mass is 9.73. The molecule has 1 unspecified atom stereocenters. The van der Waals surface area contributed by atoms with Gasteiger partial charge in [-0.1, -0.05) is 32.9 Å². The molecule has 1 heterocycles. The first-order valence-corrected chi connectivity index (χ1v) is 11.5.